The third kappa shape index (κ3) is 3.61. The Hall–Kier alpha value is -1.88. The summed E-state index contributed by atoms with van der Waals surface area (Å²) in [4.78, 5) is 12.1. The van der Waals surface area contributed by atoms with Crippen LogP contribution in [0.4, 0.5) is 0 Å². The van der Waals surface area contributed by atoms with Crippen LogP contribution in [0.3, 0.4) is 0 Å². The van der Waals surface area contributed by atoms with Gasteiger partial charge in [0.2, 0.25) is 0 Å². The van der Waals surface area contributed by atoms with E-state index in [2.05, 4.69) is 5.32 Å². The predicted molar refractivity (Wildman–Crippen MR) is 86.1 cm³/mol. The molecule has 0 radical (unpaired) electrons. The van der Waals surface area contributed by atoms with Crippen LogP contribution in [0.15, 0.2) is 36.4 Å². The van der Waals surface area contributed by atoms with E-state index < -0.39 is 10.8 Å². The third-order valence-corrected chi connectivity index (χ3v) is 4.92. The van der Waals surface area contributed by atoms with Crippen molar-refractivity contribution in [2.45, 2.75) is 18.6 Å². The molecule has 21 heavy (non-hydrogen) atoms. The SMILES string of the molecule is CC(CCNC(=O)c1ccc2ccccc2c1O)S(C)=O. The molecule has 1 amide bonds. The fourth-order valence-corrected chi connectivity index (χ4v) is 2.54. The summed E-state index contributed by atoms with van der Waals surface area (Å²) in [6.07, 6.45) is 2.30. The minimum absolute atomic E-state index is 0.00211. The summed E-state index contributed by atoms with van der Waals surface area (Å²) in [6.45, 7) is 2.32. The Balaban J connectivity index is 2.09. The molecule has 2 aromatic carbocycles. The first kappa shape index (κ1) is 15.5. The van der Waals surface area contributed by atoms with Crippen LogP contribution in [0.5, 0.6) is 5.75 Å². The minimum Gasteiger partial charge on any atom is -0.506 e. The van der Waals surface area contributed by atoms with Crippen molar-refractivity contribution in [1.82, 2.24) is 5.32 Å². The smallest absolute Gasteiger partial charge is 0.255 e. The molecule has 0 bridgehead atoms. The number of phenols is 1. The number of carbonyl (C=O) groups is 1. The van der Waals surface area contributed by atoms with Gasteiger partial charge in [-0.3, -0.25) is 9.00 Å². The highest BCUT2D eigenvalue weighted by atomic mass is 32.2. The fourth-order valence-electron chi connectivity index (χ4n) is 2.09. The van der Waals surface area contributed by atoms with E-state index >= 15 is 0 Å². The molecule has 4 nitrogen and oxygen atoms in total. The van der Waals surface area contributed by atoms with Crippen molar-refractivity contribution < 1.29 is 14.1 Å². The van der Waals surface area contributed by atoms with Crippen LogP contribution in [0.1, 0.15) is 23.7 Å². The van der Waals surface area contributed by atoms with E-state index in [0.717, 1.165) is 5.39 Å². The molecule has 0 fully saturated rings. The maximum absolute atomic E-state index is 12.1. The molecular formula is C16H19NO3S. The van der Waals surface area contributed by atoms with Gasteiger partial charge in [0.15, 0.2) is 0 Å². The van der Waals surface area contributed by atoms with Crippen molar-refractivity contribution in [1.29, 1.82) is 0 Å². The van der Waals surface area contributed by atoms with Crippen LogP contribution in [-0.2, 0) is 10.8 Å². The highest BCUT2D eigenvalue weighted by Crippen LogP contribution is 2.28. The quantitative estimate of drug-likeness (QED) is 0.891. The maximum atomic E-state index is 12.1. The Morgan fingerprint density at radius 3 is 2.71 bits per heavy atom. The number of nitrogens with one attached hydrogen (secondary N) is 1. The number of carbonyl (C=O) groups excluding carboxylic acids is 1. The summed E-state index contributed by atoms with van der Waals surface area (Å²) in [5, 5.41) is 14.6. The average molecular weight is 305 g/mol. The second-order valence-corrected chi connectivity index (χ2v) is 6.84. The monoisotopic (exact) mass is 305 g/mol. The Kier molecular flexibility index (Phi) is 4.96. The Bertz CT molecular complexity index is 684. The van der Waals surface area contributed by atoms with Crippen molar-refractivity contribution in [3.63, 3.8) is 0 Å². The van der Waals surface area contributed by atoms with E-state index in [0.29, 0.717) is 18.4 Å². The molecule has 0 aliphatic rings. The van der Waals surface area contributed by atoms with Gasteiger partial charge in [0, 0.05) is 34.2 Å². The van der Waals surface area contributed by atoms with Crippen LogP contribution in [0, 0.1) is 0 Å². The van der Waals surface area contributed by atoms with E-state index in [1.54, 1.807) is 18.4 Å². The van der Waals surface area contributed by atoms with E-state index in [9.17, 15) is 14.1 Å². The van der Waals surface area contributed by atoms with Gasteiger partial charge in [-0.2, -0.15) is 0 Å². The van der Waals surface area contributed by atoms with Gasteiger partial charge in [0.25, 0.3) is 5.91 Å². The molecule has 0 heterocycles. The summed E-state index contributed by atoms with van der Waals surface area (Å²) in [5.74, 6) is -0.315. The van der Waals surface area contributed by atoms with Crippen LogP contribution < -0.4 is 5.32 Å². The molecule has 2 atom stereocenters. The number of hydrogen-bond donors (Lipinski definition) is 2. The molecule has 2 unspecified atom stereocenters. The summed E-state index contributed by atoms with van der Waals surface area (Å²) in [6, 6.07) is 10.8. The summed E-state index contributed by atoms with van der Waals surface area (Å²) < 4.78 is 11.2. The summed E-state index contributed by atoms with van der Waals surface area (Å²) in [5.41, 5.74) is 0.263. The van der Waals surface area contributed by atoms with Gasteiger partial charge in [-0.15, -0.1) is 0 Å². The van der Waals surface area contributed by atoms with Gasteiger partial charge in [-0.05, 0) is 17.9 Å². The standard InChI is InChI=1S/C16H19NO3S/c1-11(21(2)20)9-10-17-16(19)14-8-7-12-5-3-4-6-13(12)15(14)18/h3-8,11,18H,9-10H2,1-2H3,(H,17,19). The summed E-state index contributed by atoms with van der Waals surface area (Å²) >= 11 is 0. The topological polar surface area (TPSA) is 66.4 Å². The van der Waals surface area contributed by atoms with Crippen LogP contribution in [0.2, 0.25) is 0 Å². The number of hydrogen-bond acceptors (Lipinski definition) is 3. The second kappa shape index (κ2) is 6.72. The molecule has 2 rings (SSSR count). The molecule has 0 saturated carbocycles. The molecule has 0 aromatic heterocycles. The number of aromatic hydroxyl groups is 1. The van der Waals surface area contributed by atoms with Gasteiger partial charge in [0.05, 0.1) is 5.56 Å². The first-order valence-corrected chi connectivity index (χ1v) is 8.44. The van der Waals surface area contributed by atoms with E-state index in [4.69, 9.17) is 0 Å². The molecule has 2 aromatic rings. The first-order chi connectivity index (χ1) is 10.0. The van der Waals surface area contributed by atoms with Gasteiger partial charge in [-0.1, -0.05) is 37.3 Å². The first-order valence-electron chi connectivity index (χ1n) is 6.82. The van der Waals surface area contributed by atoms with Crippen molar-refractivity contribution in [3.8, 4) is 5.75 Å². The lowest BCUT2D eigenvalue weighted by Gasteiger charge is -2.11. The molecule has 2 N–H and O–H groups in total. The number of phenolic OH excluding ortho intramolecular Hbond substituents is 1. The number of fused-ring (bicyclic) bond motifs is 1. The third-order valence-electron chi connectivity index (χ3n) is 3.55. The van der Waals surface area contributed by atoms with Crippen molar-refractivity contribution in [2.24, 2.45) is 0 Å². The zero-order valence-electron chi connectivity index (χ0n) is 12.1. The number of rotatable bonds is 5. The zero-order valence-corrected chi connectivity index (χ0v) is 12.9. The Morgan fingerprint density at radius 2 is 2.00 bits per heavy atom. The fraction of sp³-hybridized carbons (Fsp3) is 0.312. The normalized spacial score (nSPS) is 13.8. The van der Waals surface area contributed by atoms with Gasteiger partial charge in [0.1, 0.15) is 5.75 Å². The van der Waals surface area contributed by atoms with E-state index in [-0.39, 0.29) is 22.5 Å². The molecule has 0 aliphatic carbocycles. The highest BCUT2D eigenvalue weighted by Gasteiger charge is 2.14. The molecule has 0 spiro atoms. The van der Waals surface area contributed by atoms with E-state index in [1.807, 2.05) is 31.2 Å². The average Bonchev–Trinajstić information content (AvgIpc) is 2.47. The molecule has 0 aliphatic heterocycles. The molecule has 5 heteroatoms. The Morgan fingerprint density at radius 1 is 1.29 bits per heavy atom. The number of benzene rings is 2. The second-order valence-electron chi connectivity index (χ2n) is 5.04. The minimum atomic E-state index is -0.893. The lowest BCUT2D eigenvalue weighted by molar-refractivity contribution is 0.0951. The predicted octanol–water partition coefficient (Wildman–Crippen LogP) is 2.43. The molecular weight excluding hydrogens is 286 g/mol. The van der Waals surface area contributed by atoms with Gasteiger partial charge >= 0.3 is 0 Å². The van der Waals surface area contributed by atoms with Crippen molar-refractivity contribution in [3.05, 3.63) is 42.0 Å². The zero-order chi connectivity index (χ0) is 15.4. The van der Waals surface area contributed by atoms with E-state index in [1.165, 1.54) is 0 Å². The largest absolute Gasteiger partial charge is 0.506 e. The Labute approximate surface area is 126 Å². The van der Waals surface area contributed by atoms with Crippen molar-refractivity contribution >= 4 is 27.5 Å². The number of amides is 1. The van der Waals surface area contributed by atoms with Crippen molar-refractivity contribution in [2.75, 3.05) is 12.8 Å². The van der Waals surface area contributed by atoms with Crippen LogP contribution in [-0.4, -0.2) is 33.3 Å². The van der Waals surface area contributed by atoms with Gasteiger partial charge < -0.3 is 10.4 Å². The molecule has 112 valence electrons. The maximum Gasteiger partial charge on any atom is 0.255 e. The summed E-state index contributed by atoms with van der Waals surface area (Å²) in [7, 11) is -0.893. The lowest BCUT2D eigenvalue weighted by Crippen LogP contribution is -2.27. The van der Waals surface area contributed by atoms with Crippen LogP contribution in [0.25, 0.3) is 10.8 Å². The van der Waals surface area contributed by atoms with Gasteiger partial charge in [-0.25, -0.2) is 0 Å². The molecule has 0 saturated heterocycles. The lowest BCUT2D eigenvalue weighted by atomic mass is 10.0. The highest BCUT2D eigenvalue weighted by molar-refractivity contribution is 7.84. The van der Waals surface area contributed by atoms with Crippen LogP contribution >= 0.6 is 0 Å².